The molecular weight excluding hydrogens is 214 g/mol. The SMILES string of the molecule is Nc1c(F)c(F)cc(C(=O)O)c1[N+](=O)[O-]. The van der Waals surface area contributed by atoms with E-state index in [1.54, 1.807) is 0 Å². The zero-order valence-corrected chi connectivity index (χ0v) is 7.03. The molecule has 8 heteroatoms. The highest BCUT2D eigenvalue weighted by Crippen LogP contribution is 2.30. The van der Waals surface area contributed by atoms with Crippen molar-refractivity contribution in [2.75, 3.05) is 5.73 Å². The van der Waals surface area contributed by atoms with Crippen LogP contribution in [0, 0.1) is 21.7 Å². The van der Waals surface area contributed by atoms with Crippen LogP contribution in [0.2, 0.25) is 0 Å². The lowest BCUT2D eigenvalue weighted by Gasteiger charge is -2.03. The average Bonchev–Trinajstić information content (AvgIpc) is 2.12. The molecular formula is C7H4F2N2O4. The van der Waals surface area contributed by atoms with Crippen LogP contribution in [0.15, 0.2) is 6.07 Å². The van der Waals surface area contributed by atoms with Gasteiger partial charge in [-0.1, -0.05) is 0 Å². The predicted octanol–water partition coefficient (Wildman–Crippen LogP) is 1.15. The summed E-state index contributed by atoms with van der Waals surface area (Å²) in [5.41, 5.74) is 1.63. The number of hydrogen-bond donors (Lipinski definition) is 2. The van der Waals surface area contributed by atoms with Crippen LogP contribution >= 0.6 is 0 Å². The standard InChI is InChI=1S/C7H4F2N2O4/c8-3-1-2(7(12)13)6(11(14)15)5(10)4(3)9/h1H,10H2,(H,12,13). The first kappa shape index (κ1) is 10.8. The second-order valence-electron chi connectivity index (χ2n) is 2.54. The molecule has 1 aromatic rings. The number of nitro benzene ring substituents is 1. The third kappa shape index (κ3) is 1.68. The number of nitrogens with two attached hydrogens (primary N) is 1. The Morgan fingerprint density at radius 2 is 2.07 bits per heavy atom. The minimum atomic E-state index is -1.76. The smallest absolute Gasteiger partial charge is 0.342 e. The summed E-state index contributed by atoms with van der Waals surface area (Å²) in [5, 5.41) is 18.9. The third-order valence-electron chi connectivity index (χ3n) is 1.64. The van der Waals surface area contributed by atoms with E-state index >= 15 is 0 Å². The van der Waals surface area contributed by atoms with Gasteiger partial charge in [-0.25, -0.2) is 13.6 Å². The molecule has 0 amide bonds. The summed E-state index contributed by atoms with van der Waals surface area (Å²) in [5.74, 6) is -4.94. The minimum absolute atomic E-state index is 0.214. The Labute approximate surface area is 81.1 Å². The molecule has 15 heavy (non-hydrogen) atoms. The molecule has 0 unspecified atom stereocenters. The molecule has 0 spiro atoms. The van der Waals surface area contributed by atoms with E-state index in [1.807, 2.05) is 0 Å². The number of rotatable bonds is 2. The molecule has 6 nitrogen and oxygen atoms in total. The maximum atomic E-state index is 12.8. The van der Waals surface area contributed by atoms with Crippen molar-refractivity contribution in [3.05, 3.63) is 33.4 Å². The number of aromatic carboxylic acids is 1. The second-order valence-corrected chi connectivity index (χ2v) is 2.54. The molecule has 0 aliphatic rings. The molecule has 1 aromatic carbocycles. The van der Waals surface area contributed by atoms with Crippen molar-refractivity contribution >= 4 is 17.3 Å². The van der Waals surface area contributed by atoms with Crippen molar-refractivity contribution in [2.24, 2.45) is 0 Å². The van der Waals surface area contributed by atoms with Crippen molar-refractivity contribution in [3.63, 3.8) is 0 Å². The Hall–Kier alpha value is -2.25. The topological polar surface area (TPSA) is 106 Å². The van der Waals surface area contributed by atoms with Gasteiger partial charge in [-0.05, 0) is 6.07 Å². The van der Waals surface area contributed by atoms with E-state index in [0.29, 0.717) is 0 Å². The number of nitrogens with zero attached hydrogens (tertiary/aromatic N) is 1. The van der Waals surface area contributed by atoms with Crippen molar-refractivity contribution in [1.29, 1.82) is 0 Å². The maximum Gasteiger partial charge on any atom is 0.342 e. The largest absolute Gasteiger partial charge is 0.477 e. The number of benzene rings is 1. The average molecular weight is 218 g/mol. The molecule has 0 saturated carbocycles. The molecule has 80 valence electrons. The number of halogens is 2. The molecule has 1 rings (SSSR count). The van der Waals surface area contributed by atoms with Crippen LogP contribution in [0.3, 0.4) is 0 Å². The number of carboxylic acid groups (broad SMARTS) is 1. The van der Waals surface area contributed by atoms with Gasteiger partial charge in [-0.2, -0.15) is 0 Å². The molecule has 0 aliphatic carbocycles. The van der Waals surface area contributed by atoms with Crippen LogP contribution < -0.4 is 5.73 Å². The van der Waals surface area contributed by atoms with E-state index in [-0.39, 0.29) is 6.07 Å². The normalized spacial score (nSPS) is 10.0. The number of carboxylic acids is 1. The van der Waals surface area contributed by atoms with Crippen LogP contribution in [0.25, 0.3) is 0 Å². The molecule has 0 saturated heterocycles. The van der Waals surface area contributed by atoms with Gasteiger partial charge >= 0.3 is 11.7 Å². The van der Waals surface area contributed by atoms with Gasteiger partial charge in [0.2, 0.25) is 0 Å². The summed E-state index contributed by atoms with van der Waals surface area (Å²) in [6.45, 7) is 0. The van der Waals surface area contributed by atoms with Gasteiger partial charge in [0.25, 0.3) is 0 Å². The molecule has 0 heterocycles. The van der Waals surface area contributed by atoms with Crippen molar-refractivity contribution in [1.82, 2.24) is 0 Å². The highest BCUT2D eigenvalue weighted by Gasteiger charge is 2.28. The summed E-state index contributed by atoms with van der Waals surface area (Å²) < 4.78 is 25.5. The Balaban J connectivity index is 3.65. The number of nitrogen functional groups attached to an aromatic ring is 1. The second kappa shape index (κ2) is 3.48. The molecule has 0 bridgehead atoms. The third-order valence-corrected chi connectivity index (χ3v) is 1.64. The number of anilines is 1. The van der Waals surface area contributed by atoms with Gasteiger partial charge < -0.3 is 10.8 Å². The van der Waals surface area contributed by atoms with Gasteiger partial charge in [-0.15, -0.1) is 0 Å². The van der Waals surface area contributed by atoms with Crippen LogP contribution in [0.1, 0.15) is 10.4 Å². The lowest BCUT2D eigenvalue weighted by atomic mass is 10.1. The van der Waals surface area contributed by atoms with Crippen molar-refractivity contribution in [3.8, 4) is 0 Å². The Kier molecular flexibility index (Phi) is 2.51. The minimum Gasteiger partial charge on any atom is -0.477 e. The molecule has 0 radical (unpaired) electrons. The van der Waals surface area contributed by atoms with Gasteiger partial charge in [0.15, 0.2) is 17.3 Å². The Morgan fingerprint density at radius 1 is 1.53 bits per heavy atom. The summed E-state index contributed by atoms with van der Waals surface area (Å²) in [4.78, 5) is 19.7. The Morgan fingerprint density at radius 3 is 2.47 bits per heavy atom. The molecule has 0 fully saturated rings. The summed E-state index contributed by atoms with van der Waals surface area (Å²) in [6.07, 6.45) is 0. The fraction of sp³-hybridized carbons (Fsp3) is 0. The quantitative estimate of drug-likeness (QED) is 0.440. The van der Waals surface area contributed by atoms with E-state index in [4.69, 9.17) is 10.8 Å². The lowest BCUT2D eigenvalue weighted by molar-refractivity contribution is -0.384. The van der Waals surface area contributed by atoms with Gasteiger partial charge in [0.1, 0.15) is 5.56 Å². The summed E-state index contributed by atoms with van der Waals surface area (Å²) in [6, 6.07) is 0.214. The number of carbonyl (C=O) groups is 1. The van der Waals surface area contributed by atoms with Crippen LogP contribution in [-0.2, 0) is 0 Å². The van der Waals surface area contributed by atoms with Crippen LogP contribution in [0.4, 0.5) is 20.2 Å². The first-order valence-corrected chi connectivity index (χ1v) is 3.51. The van der Waals surface area contributed by atoms with Gasteiger partial charge in [-0.3, -0.25) is 10.1 Å². The highest BCUT2D eigenvalue weighted by molar-refractivity contribution is 5.95. The van der Waals surface area contributed by atoms with E-state index in [1.165, 1.54) is 0 Å². The van der Waals surface area contributed by atoms with Crippen molar-refractivity contribution in [2.45, 2.75) is 0 Å². The zero-order valence-electron chi connectivity index (χ0n) is 7.03. The summed E-state index contributed by atoms with van der Waals surface area (Å²) in [7, 11) is 0. The summed E-state index contributed by atoms with van der Waals surface area (Å²) >= 11 is 0. The van der Waals surface area contributed by atoms with Crippen LogP contribution in [-0.4, -0.2) is 16.0 Å². The van der Waals surface area contributed by atoms with E-state index < -0.39 is 39.5 Å². The first-order valence-electron chi connectivity index (χ1n) is 3.51. The molecule has 0 aliphatic heterocycles. The van der Waals surface area contributed by atoms with Crippen LogP contribution in [0.5, 0.6) is 0 Å². The van der Waals surface area contributed by atoms with E-state index in [2.05, 4.69) is 0 Å². The van der Waals surface area contributed by atoms with E-state index in [0.717, 1.165) is 0 Å². The van der Waals surface area contributed by atoms with Gasteiger partial charge in [0.05, 0.1) is 4.92 Å². The highest BCUT2D eigenvalue weighted by atomic mass is 19.2. The first-order chi connectivity index (χ1) is 6.86. The fourth-order valence-corrected chi connectivity index (χ4v) is 0.996. The number of nitro groups is 1. The molecule has 3 N–H and O–H groups in total. The molecule has 0 atom stereocenters. The molecule has 0 aromatic heterocycles. The monoisotopic (exact) mass is 218 g/mol. The van der Waals surface area contributed by atoms with Crippen molar-refractivity contribution < 1.29 is 23.6 Å². The number of hydrogen-bond acceptors (Lipinski definition) is 4. The maximum absolute atomic E-state index is 12.8. The Bertz CT molecular complexity index is 461. The van der Waals surface area contributed by atoms with E-state index in [9.17, 15) is 23.7 Å². The predicted molar refractivity (Wildman–Crippen MR) is 44.4 cm³/mol. The van der Waals surface area contributed by atoms with Gasteiger partial charge in [0, 0.05) is 0 Å². The zero-order chi connectivity index (χ0) is 11.7. The fourth-order valence-electron chi connectivity index (χ4n) is 0.996. The lowest BCUT2D eigenvalue weighted by Crippen LogP contribution is -2.09.